The number of halogens is 1. The topological polar surface area (TPSA) is 87.7 Å². The molecule has 0 spiro atoms. The minimum Gasteiger partial charge on any atom is -0.497 e. The van der Waals surface area contributed by atoms with Gasteiger partial charge in [-0.2, -0.15) is 0 Å². The maximum Gasteiger partial charge on any atom is 0.251 e. The molecule has 0 radical (unpaired) electrons. The highest BCUT2D eigenvalue weighted by Crippen LogP contribution is 2.29. The molecular formula is C32H34FN5O3S. The van der Waals surface area contributed by atoms with E-state index in [0.29, 0.717) is 22.2 Å². The Labute approximate surface area is 249 Å². The van der Waals surface area contributed by atoms with E-state index in [4.69, 9.17) is 4.74 Å². The summed E-state index contributed by atoms with van der Waals surface area (Å²) in [5.74, 6) is -0.649. The van der Waals surface area contributed by atoms with Crippen molar-refractivity contribution in [2.75, 3.05) is 37.2 Å². The molecule has 4 aromatic rings. The molecule has 0 aliphatic heterocycles. The third-order valence-electron chi connectivity index (χ3n) is 6.49. The van der Waals surface area contributed by atoms with Gasteiger partial charge in [0.1, 0.15) is 17.6 Å². The molecule has 0 aliphatic rings. The number of nitrogens with one attached hydrogen (secondary N) is 1. The van der Waals surface area contributed by atoms with Crippen molar-refractivity contribution in [1.82, 2.24) is 14.9 Å². The molecule has 0 saturated heterocycles. The van der Waals surface area contributed by atoms with E-state index in [1.165, 1.54) is 34.9 Å². The maximum atomic E-state index is 14.5. The highest BCUT2D eigenvalue weighted by molar-refractivity contribution is 7.99. The number of aromatic nitrogens is 2. The highest BCUT2D eigenvalue weighted by atomic mass is 32.2. The Morgan fingerprint density at radius 1 is 0.952 bits per heavy atom. The number of hydrogen-bond acceptors (Lipinski definition) is 7. The number of benzene rings is 3. The molecule has 2 amide bonds. The minimum absolute atomic E-state index is 0.0182. The van der Waals surface area contributed by atoms with Gasteiger partial charge in [-0.1, -0.05) is 36.0 Å². The molecule has 1 atom stereocenters. The van der Waals surface area contributed by atoms with Crippen LogP contribution in [-0.4, -0.2) is 53.6 Å². The van der Waals surface area contributed by atoms with Gasteiger partial charge in [-0.25, -0.2) is 14.4 Å². The number of amides is 2. The van der Waals surface area contributed by atoms with Crippen LogP contribution in [0.4, 0.5) is 15.8 Å². The molecular weight excluding hydrogens is 553 g/mol. The van der Waals surface area contributed by atoms with Crippen LogP contribution in [0.25, 0.3) is 0 Å². The first-order valence-corrected chi connectivity index (χ1v) is 14.3. The maximum absolute atomic E-state index is 14.5. The van der Waals surface area contributed by atoms with Crippen LogP contribution < -0.4 is 15.0 Å². The van der Waals surface area contributed by atoms with E-state index in [2.05, 4.69) is 15.3 Å². The van der Waals surface area contributed by atoms with Gasteiger partial charge in [-0.05, 0) is 79.6 Å². The molecule has 4 rings (SSSR count). The molecule has 0 bridgehead atoms. The van der Waals surface area contributed by atoms with Gasteiger partial charge >= 0.3 is 0 Å². The zero-order valence-electron chi connectivity index (χ0n) is 24.3. The first-order valence-electron chi connectivity index (χ1n) is 13.3. The van der Waals surface area contributed by atoms with Gasteiger partial charge in [0.15, 0.2) is 5.16 Å². The Bertz CT molecular complexity index is 1510. The molecule has 1 N–H and O–H groups in total. The third kappa shape index (κ3) is 8.07. The zero-order chi connectivity index (χ0) is 30.2. The summed E-state index contributed by atoms with van der Waals surface area (Å²) in [7, 11) is 5.43. The van der Waals surface area contributed by atoms with E-state index in [0.717, 1.165) is 22.6 Å². The highest BCUT2D eigenvalue weighted by Gasteiger charge is 2.32. The predicted molar refractivity (Wildman–Crippen MR) is 164 cm³/mol. The van der Waals surface area contributed by atoms with Crippen LogP contribution in [-0.2, 0) is 16.1 Å². The Morgan fingerprint density at radius 3 is 2.21 bits per heavy atom. The molecule has 3 aromatic carbocycles. The first kappa shape index (κ1) is 30.5. The van der Waals surface area contributed by atoms with Gasteiger partial charge in [-0.15, -0.1) is 0 Å². The number of nitrogens with zero attached hydrogens (tertiary/aromatic N) is 4. The van der Waals surface area contributed by atoms with Crippen molar-refractivity contribution in [2.24, 2.45) is 0 Å². The van der Waals surface area contributed by atoms with Crippen LogP contribution in [0.1, 0.15) is 28.6 Å². The Kier molecular flexibility index (Phi) is 10.1. The summed E-state index contributed by atoms with van der Waals surface area (Å²) in [6.45, 7) is 3.84. The number of carbonyl (C=O) groups is 2. The summed E-state index contributed by atoms with van der Waals surface area (Å²) in [6, 6.07) is 21.1. The second kappa shape index (κ2) is 14.0. The number of methoxy groups -OCH3 is 1. The summed E-state index contributed by atoms with van der Waals surface area (Å²) in [5, 5.41) is 3.40. The minimum atomic E-state index is -1.12. The van der Waals surface area contributed by atoms with Crippen LogP contribution >= 0.6 is 11.8 Å². The molecule has 1 aromatic heterocycles. The SMILES string of the molecule is COc1ccc(CN(C(=O)CSc2nc(C)cc(C)n2)C(C(=O)Nc2ccc(N(C)C)cc2)c2cccc(F)c2)cc1. The summed E-state index contributed by atoms with van der Waals surface area (Å²) >= 11 is 1.19. The third-order valence-corrected chi connectivity index (χ3v) is 7.33. The van der Waals surface area contributed by atoms with Crippen molar-refractivity contribution in [3.8, 4) is 5.75 Å². The standard InChI is InChI=1S/C32H34FN5O3S/c1-21-17-22(2)35-32(34-21)42-20-29(39)38(19-23-9-15-28(41-5)16-10-23)30(24-7-6-8-25(33)18-24)31(40)36-26-11-13-27(14-12-26)37(3)4/h6-18,30H,19-20H2,1-5H3,(H,36,40). The Hall–Kier alpha value is -4.44. The molecule has 1 unspecified atom stereocenters. The molecule has 218 valence electrons. The predicted octanol–water partition coefficient (Wildman–Crippen LogP) is 5.81. The molecule has 0 saturated carbocycles. The van der Waals surface area contributed by atoms with Gasteiger partial charge in [0, 0.05) is 43.4 Å². The summed E-state index contributed by atoms with van der Waals surface area (Å²) in [4.78, 5) is 40.2. The van der Waals surface area contributed by atoms with Crippen LogP contribution in [0.15, 0.2) is 84.0 Å². The Morgan fingerprint density at radius 2 is 1.62 bits per heavy atom. The van der Waals surface area contributed by atoms with E-state index < -0.39 is 17.8 Å². The van der Waals surface area contributed by atoms with Gasteiger partial charge in [0.05, 0.1) is 12.9 Å². The fourth-order valence-electron chi connectivity index (χ4n) is 4.42. The van der Waals surface area contributed by atoms with Crippen LogP contribution in [0, 0.1) is 19.7 Å². The van der Waals surface area contributed by atoms with Crippen molar-refractivity contribution in [1.29, 1.82) is 0 Å². The van der Waals surface area contributed by atoms with Crippen LogP contribution in [0.3, 0.4) is 0 Å². The van der Waals surface area contributed by atoms with Crippen LogP contribution in [0.5, 0.6) is 5.75 Å². The number of thioether (sulfide) groups is 1. The lowest BCUT2D eigenvalue weighted by Gasteiger charge is -2.31. The lowest BCUT2D eigenvalue weighted by Crippen LogP contribution is -2.42. The summed E-state index contributed by atoms with van der Waals surface area (Å²) in [5.41, 5.74) is 4.25. The fourth-order valence-corrected chi connectivity index (χ4v) is 5.26. The van der Waals surface area contributed by atoms with Crippen molar-refractivity contribution < 1.29 is 18.7 Å². The normalized spacial score (nSPS) is 11.5. The largest absolute Gasteiger partial charge is 0.497 e. The average molecular weight is 588 g/mol. The number of aryl methyl sites for hydroxylation is 2. The van der Waals surface area contributed by atoms with Crippen molar-refractivity contribution in [3.05, 3.63) is 107 Å². The number of anilines is 2. The lowest BCUT2D eigenvalue weighted by atomic mass is 10.0. The van der Waals surface area contributed by atoms with E-state index in [-0.39, 0.29) is 18.2 Å². The van der Waals surface area contributed by atoms with Gasteiger partial charge in [0.25, 0.3) is 5.91 Å². The van der Waals surface area contributed by atoms with Crippen molar-refractivity contribution in [2.45, 2.75) is 31.6 Å². The molecule has 0 fully saturated rings. The molecule has 10 heteroatoms. The summed E-state index contributed by atoms with van der Waals surface area (Å²) < 4.78 is 19.8. The van der Waals surface area contributed by atoms with Crippen LogP contribution in [0.2, 0.25) is 0 Å². The second-order valence-electron chi connectivity index (χ2n) is 9.98. The zero-order valence-corrected chi connectivity index (χ0v) is 25.1. The number of carbonyl (C=O) groups excluding carboxylic acids is 2. The number of hydrogen-bond donors (Lipinski definition) is 1. The van der Waals surface area contributed by atoms with E-state index in [1.807, 2.05) is 63.2 Å². The summed E-state index contributed by atoms with van der Waals surface area (Å²) in [6.07, 6.45) is 0. The smallest absolute Gasteiger partial charge is 0.251 e. The van der Waals surface area contributed by atoms with Gasteiger partial charge < -0.3 is 19.9 Å². The second-order valence-corrected chi connectivity index (χ2v) is 10.9. The average Bonchev–Trinajstić information content (AvgIpc) is 2.96. The van der Waals surface area contributed by atoms with Gasteiger partial charge in [-0.3, -0.25) is 9.59 Å². The molecule has 42 heavy (non-hydrogen) atoms. The first-order chi connectivity index (χ1) is 20.1. The molecule has 8 nitrogen and oxygen atoms in total. The number of ether oxygens (including phenoxy) is 1. The number of rotatable bonds is 11. The quantitative estimate of drug-likeness (QED) is 0.175. The van der Waals surface area contributed by atoms with Crippen molar-refractivity contribution in [3.63, 3.8) is 0 Å². The van der Waals surface area contributed by atoms with E-state index >= 15 is 0 Å². The Balaban J connectivity index is 1.70. The molecule has 0 aliphatic carbocycles. The monoisotopic (exact) mass is 587 g/mol. The van der Waals surface area contributed by atoms with E-state index in [9.17, 15) is 14.0 Å². The van der Waals surface area contributed by atoms with Crippen molar-refractivity contribution >= 4 is 35.0 Å². The van der Waals surface area contributed by atoms with Gasteiger partial charge in [0.2, 0.25) is 5.91 Å². The van der Waals surface area contributed by atoms with E-state index in [1.54, 1.807) is 37.4 Å². The lowest BCUT2D eigenvalue weighted by molar-refractivity contribution is -0.137. The molecule has 1 heterocycles. The fraction of sp³-hybridized carbons (Fsp3) is 0.250.